The largest absolute Gasteiger partial charge is 0.489 e. The van der Waals surface area contributed by atoms with E-state index < -0.39 is 5.97 Å². The SMILES string of the molecule is CCc1cc(CC)cc(C(CC(C)C)NC(=O)c2cc(COc3cc(C)ccc3C)ccc2CCC(=O)O)c1. The molecule has 0 saturated carbocycles. The van der Waals surface area contributed by atoms with Gasteiger partial charge in [0.05, 0.1) is 6.04 Å². The van der Waals surface area contributed by atoms with E-state index >= 15 is 0 Å². The van der Waals surface area contributed by atoms with Gasteiger partial charge in [0.25, 0.3) is 5.91 Å². The number of carboxylic acid groups (broad SMARTS) is 1. The van der Waals surface area contributed by atoms with Crippen molar-refractivity contribution in [2.24, 2.45) is 5.92 Å². The smallest absolute Gasteiger partial charge is 0.303 e. The molecule has 0 aromatic heterocycles. The molecule has 1 atom stereocenters. The lowest BCUT2D eigenvalue weighted by Gasteiger charge is -2.23. The van der Waals surface area contributed by atoms with Crippen LogP contribution in [0.2, 0.25) is 0 Å². The molecule has 3 rings (SSSR count). The number of amides is 1. The van der Waals surface area contributed by atoms with Gasteiger partial charge in [0.15, 0.2) is 0 Å². The van der Waals surface area contributed by atoms with Crippen molar-refractivity contribution in [3.05, 3.63) is 99.1 Å². The fraction of sp³-hybridized carbons (Fsp3) is 0.412. The molecule has 0 bridgehead atoms. The minimum Gasteiger partial charge on any atom is -0.489 e. The van der Waals surface area contributed by atoms with Gasteiger partial charge >= 0.3 is 5.97 Å². The summed E-state index contributed by atoms with van der Waals surface area (Å²) >= 11 is 0. The zero-order chi connectivity index (χ0) is 28.5. The normalized spacial score (nSPS) is 11.9. The van der Waals surface area contributed by atoms with Crippen LogP contribution in [0.1, 0.15) is 95.9 Å². The summed E-state index contributed by atoms with van der Waals surface area (Å²) in [5.41, 5.74) is 7.92. The Kier molecular flexibility index (Phi) is 10.7. The van der Waals surface area contributed by atoms with E-state index in [4.69, 9.17) is 4.74 Å². The molecule has 39 heavy (non-hydrogen) atoms. The van der Waals surface area contributed by atoms with E-state index in [-0.39, 0.29) is 24.8 Å². The third-order valence-electron chi connectivity index (χ3n) is 7.07. The first kappa shape index (κ1) is 29.9. The van der Waals surface area contributed by atoms with Crippen LogP contribution in [0, 0.1) is 19.8 Å². The van der Waals surface area contributed by atoms with Gasteiger partial charge in [0, 0.05) is 12.0 Å². The molecule has 1 amide bonds. The van der Waals surface area contributed by atoms with E-state index in [0.29, 0.717) is 18.1 Å². The number of carboxylic acids is 1. The van der Waals surface area contributed by atoms with E-state index in [9.17, 15) is 14.7 Å². The number of benzene rings is 3. The third-order valence-corrected chi connectivity index (χ3v) is 7.07. The van der Waals surface area contributed by atoms with Crippen LogP contribution in [0.5, 0.6) is 5.75 Å². The first-order valence-electron chi connectivity index (χ1n) is 14.1. The first-order chi connectivity index (χ1) is 18.6. The summed E-state index contributed by atoms with van der Waals surface area (Å²) in [6.07, 6.45) is 2.93. The highest BCUT2D eigenvalue weighted by Crippen LogP contribution is 2.26. The second-order valence-corrected chi connectivity index (χ2v) is 10.9. The maximum atomic E-state index is 13.8. The molecule has 0 saturated heterocycles. The van der Waals surface area contributed by atoms with Gasteiger partial charge < -0.3 is 15.2 Å². The summed E-state index contributed by atoms with van der Waals surface area (Å²) < 4.78 is 6.10. The summed E-state index contributed by atoms with van der Waals surface area (Å²) in [4.78, 5) is 25.1. The monoisotopic (exact) mass is 529 g/mol. The van der Waals surface area contributed by atoms with E-state index in [1.54, 1.807) is 0 Å². The summed E-state index contributed by atoms with van der Waals surface area (Å²) in [6.45, 7) is 13.0. The molecule has 0 radical (unpaired) electrons. The highest BCUT2D eigenvalue weighted by Gasteiger charge is 2.21. The molecular formula is C34H43NO4. The van der Waals surface area contributed by atoms with Crippen molar-refractivity contribution in [3.8, 4) is 5.75 Å². The van der Waals surface area contributed by atoms with Gasteiger partial charge in [-0.2, -0.15) is 0 Å². The maximum Gasteiger partial charge on any atom is 0.303 e. The molecule has 0 spiro atoms. The van der Waals surface area contributed by atoms with Crippen LogP contribution in [-0.2, 0) is 30.7 Å². The van der Waals surface area contributed by atoms with Crippen molar-refractivity contribution in [2.75, 3.05) is 0 Å². The fourth-order valence-corrected chi connectivity index (χ4v) is 4.79. The lowest BCUT2D eigenvalue weighted by atomic mass is 9.92. The molecule has 0 aliphatic rings. The zero-order valence-corrected chi connectivity index (χ0v) is 24.3. The molecule has 5 nitrogen and oxygen atoms in total. The number of aliphatic carboxylic acids is 1. The maximum absolute atomic E-state index is 13.8. The second-order valence-electron chi connectivity index (χ2n) is 10.9. The second kappa shape index (κ2) is 14.0. The Balaban J connectivity index is 1.92. The van der Waals surface area contributed by atoms with Gasteiger partial charge in [0.1, 0.15) is 12.4 Å². The fourth-order valence-electron chi connectivity index (χ4n) is 4.79. The molecule has 3 aromatic carbocycles. The van der Waals surface area contributed by atoms with E-state index in [2.05, 4.69) is 57.3 Å². The molecule has 208 valence electrons. The number of carbonyl (C=O) groups excluding carboxylic acids is 1. The lowest BCUT2D eigenvalue weighted by molar-refractivity contribution is -0.136. The molecule has 0 fully saturated rings. The van der Waals surface area contributed by atoms with Gasteiger partial charge in [0.2, 0.25) is 0 Å². The molecule has 1 unspecified atom stereocenters. The van der Waals surface area contributed by atoms with Crippen LogP contribution in [-0.4, -0.2) is 17.0 Å². The first-order valence-corrected chi connectivity index (χ1v) is 14.1. The number of nitrogens with one attached hydrogen (secondary N) is 1. The number of carbonyl (C=O) groups is 2. The minimum atomic E-state index is -0.884. The summed E-state index contributed by atoms with van der Waals surface area (Å²) in [5.74, 6) is 0.129. The van der Waals surface area contributed by atoms with Gasteiger partial charge in [-0.1, -0.05) is 70.2 Å². The van der Waals surface area contributed by atoms with Crippen molar-refractivity contribution in [1.29, 1.82) is 0 Å². The van der Waals surface area contributed by atoms with E-state index in [1.807, 2.05) is 44.2 Å². The molecule has 2 N–H and O–H groups in total. The number of ether oxygens (including phenoxy) is 1. The van der Waals surface area contributed by atoms with Crippen molar-refractivity contribution in [1.82, 2.24) is 5.32 Å². The van der Waals surface area contributed by atoms with Crippen LogP contribution in [0.4, 0.5) is 0 Å². The summed E-state index contributed by atoms with van der Waals surface area (Å²) in [5, 5.41) is 12.6. The van der Waals surface area contributed by atoms with Crippen LogP contribution >= 0.6 is 0 Å². The van der Waals surface area contributed by atoms with Gasteiger partial charge in [-0.25, -0.2) is 0 Å². The Labute approximate surface area is 233 Å². The number of hydrogen-bond acceptors (Lipinski definition) is 3. The van der Waals surface area contributed by atoms with E-state index in [0.717, 1.165) is 52.8 Å². The lowest BCUT2D eigenvalue weighted by Crippen LogP contribution is -2.30. The van der Waals surface area contributed by atoms with Crippen LogP contribution < -0.4 is 10.1 Å². The predicted molar refractivity (Wildman–Crippen MR) is 158 cm³/mol. The third kappa shape index (κ3) is 8.71. The van der Waals surface area contributed by atoms with Crippen molar-refractivity contribution in [3.63, 3.8) is 0 Å². The Morgan fingerprint density at radius 2 is 1.59 bits per heavy atom. The predicted octanol–water partition coefficient (Wildman–Crippen LogP) is 7.54. The Hall–Kier alpha value is -3.60. The highest BCUT2D eigenvalue weighted by atomic mass is 16.5. The Morgan fingerprint density at radius 1 is 0.897 bits per heavy atom. The molecule has 3 aromatic rings. The quantitative estimate of drug-likeness (QED) is 0.240. The highest BCUT2D eigenvalue weighted by molar-refractivity contribution is 5.96. The molecule has 0 heterocycles. The standard InChI is InChI=1S/C34H43NO4/c1-7-25-17-26(8-2)19-29(18-25)31(15-22(3)4)35-34(38)30-20-27(11-12-28(30)13-14-33(36)37)21-39-32-16-23(5)9-10-24(32)6/h9-12,16-20,22,31H,7-8,13-15,21H2,1-6H3,(H,35,38)(H,36,37). The van der Waals surface area contributed by atoms with E-state index in [1.165, 1.54) is 11.1 Å². The van der Waals surface area contributed by atoms with Crippen LogP contribution in [0.3, 0.4) is 0 Å². The van der Waals surface area contributed by atoms with Crippen LogP contribution in [0.15, 0.2) is 54.6 Å². The zero-order valence-electron chi connectivity index (χ0n) is 24.3. The van der Waals surface area contributed by atoms with Crippen molar-refractivity contribution in [2.45, 2.75) is 86.3 Å². The Bertz CT molecular complexity index is 1270. The minimum absolute atomic E-state index is 0.0353. The van der Waals surface area contributed by atoms with Gasteiger partial charge in [-0.05, 0) is 96.5 Å². The topological polar surface area (TPSA) is 75.6 Å². The molecule has 0 aliphatic heterocycles. The molecular weight excluding hydrogens is 486 g/mol. The van der Waals surface area contributed by atoms with Crippen molar-refractivity contribution < 1.29 is 19.4 Å². The summed E-state index contributed by atoms with van der Waals surface area (Å²) in [6, 6.07) is 18.2. The average molecular weight is 530 g/mol. The van der Waals surface area contributed by atoms with Crippen LogP contribution in [0.25, 0.3) is 0 Å². The summed E-state index contributed by atoms with van der Waals surface area (Å²) in [7, 11) is 0. The Morgan fingerprint density at radius 3 is 2.21 bits per heavy atom. The average Bonchev–Trinajstić information content (AvgIpc) is 2.91. The number of rotatable bonds is 13. The van der Waals surface area contributed by atoms with Gasteiger partial charge in [-0.15, -0.1) is 0 Å². The van der Waals surface area contributed by atoms with Crippen molar-refractivity contribution >= 4 is 11.9 Å². The molecule has 0 aliphatic carbocycles. The number of aryl methyl sites for hydroxylation is 5. The van der Waals surface area contributed by atoms with Gasteiger partial charge in [-0.3, -0.25) is 9.59 Å². The number of hydrogen-bond donors (Lipinski definition) is 2. The molecule has 5 heteroatoms.